The summed E-state index contributed by atoms with van der Waals surface area (Å²) in [4.78, 5) is 22.6. The van der Waals surface area contributed by atoms with E-state index in [9.17, 15) is 24.5 Å². The number of hydrogen-bond acceptors (Lipinski definition) is 7. The summed E-state index contributed by atoms with van der Waals surface area (Å²) in [5, 5.41) is 23.8. The number of nitrogens with two attached hydrogens (primary N) is 1. The fraction of sp³-hybridized carbons (Fsp3) is 0.811. The maximum absolute atomic E-state index is 12.7. The van der Waals surface area contributed by atoms with Gasteiger partial charge < -0.3 is 26.2 Å². The molecule has 0 saturated heterocycles. The van der Waals surface area contributed by atoms with Gasteiger partial charge in [-0.2, -0.15) is 0 Å². The maximum atomic E-state index is 12.7. The van der Waals surface area contributed by atoms with Crippen molar-refractivity contribution < 1.29 is 33.5 Å². The normalized spacial score (nSPS) is 15.4. The van der Waals surface area contributed by atoms with Crippen LogP contribution in [0.15, 0.2) is 36.5 Å². The Hall–Kier alpha value is -1.32. The van der Waals surface area contributed by atoms with Crippen LogP contribution < -0.4 is 11.1 Å². The van der Waals surface area contributed by atoms with Crippen LogP contribution in [-0.2, 0) is 18.4 Å². The Bertz CT molecular complexity index is 853. The predicted molar refractivity (Wildman–Crippen MR) is 195 cm³/mol. The number of rotatable bonds is 34. The first-order valence-corrected chi connectivity index (χ1v) is 20.2. The minimum Gasteiger partial charge on any atom is -0.393 e. The number of aliphatic hydroxyl groups excluding tert-OH is 2. The van der Waals surface area contributed by atoms with Crippen molar-refractivity contribution >= 4 is 13.7 Å². The lowest BCUT2D eigenvalue weighted by molar-refractivity contribution is -0.124. The van der Waals surface area contributed by atoms with Crippen LogP contribution in [0.4, 0.5) is 0 Å². The largest absolute Gasteiger partial charge is 0.472 e. The zero-order valence-corrected chi connectivity index (χ0v) is 30.8. The number of allylic oxidation sites excluding steroid dienone is 5. The highest BCUT2D eigenvalue weighted by atomic mass is 31.2. The molecule has 0 spiro atoms. The summed E-state index contributed by atoms with van der Waals surface area (Å²) in [6.45, 7) is 3.87. The Balaban J connectivity index is 4.44. The second-order valence-electron chi connectivity index (χ2n) is 12.6. The first kappa shape index (κ1) is 45.7. The molecule has 0 radical (unpaired) electrons. The summed E-state index contributed by atoms with van der Waals surface area (Å²) in [6, 6.07) is -0.998. The SMILES string of the molecule is CCCCCC/C=C/CC/C=C/C(O)C(COP(=O)(O)OCCN)NC(=O)CC(O)CCCCCCC/C=C\CCCCCCCC. The summed E-state index contributed by atoms with van der Waals surface area (Å²) in [5.74, 6) is -0.465. The van der Waals surface area contributed by atoms with Crippen molar-refractivity contribution in [2.75, 3.05) is 19.8 Å². The minimum atomic E-state index is -4.40. The topological polar surface area (TPSA) is 151 Å². The third kappa shape index (κ3) is 31.7. The molecule has 0 aliphatic rings. The number of amides is 1. The average molecular weight is 687 g/mol. The van der Waals surface area contributed by atoms with Crippen molar-refractivity contribution in [3.63, 3.8) is 0 Å². The molecule has 0 aliphatic carbocycles. The minimum absolute atomic E-state index is 0.0429. The number of phosphoric ester groups is 1. The molecule has 9 nitrogen and oxygen atoms in total. The number of carbonyl (C=O) groups excluding carboxylic acids is 1. The Morgan fingerprint density at radius 3 is 1.79 bits per heavy atom. The van der Waals surface area contributed by atoms with E-state index in [1.807, 2.05) is 6.08 Å². The number of phosphoric acid groups is 1. The lowest BCUT2D eigenvalue weighted by Crippen LogP contribution is -2.46. The zero-order valence-electron chi connectivity index (χ0n) is 29.9. The molecule has 1 amide bonds. The molecule has 6 N–H and O–H groups in total. The standard InChI is InChI=1S/C37H71N2O7P/c1-3-5-7-9-11-13-15-16-17-18-19-20-22-24-26-28-34(40)32-37(42)39-35(33-46-47(43,44)45-31-30-38)36(41)29-27-25-23-21-14-12-10-8-6-4-2/h14,16-17,21,27,29,34-36,40-41H,3-13,15,18-20,22-26,28,30-33,38H2,1-2H3,(H,39,42)(H,43,44)/b17-16-,21-14+,29-27+. The molecule has 276 valence electrons. The second-order valence-corrected chi connectivity index (χ2v) is 14.1. The average Bonchev–Trinajstić information content (AvgIpc) is 3.04. The van der Waals surface area contributed by atoms with Gasteiger partial charge in [0.15, 0.2) is 0 Å². The lowest BCUT2D eigenvalue weighted by atomic mass is 10.0. The molecule has 0 rings (SSSR count). The number of nitrogens with one attached hydrogen (secondary N) is 1. The van der Waals surface area contributed by atoms with E-state index in [2.05, 4.69) is 43.5 Å². The van der Waals surface area contributed by atoms with Gasteiger partial charge in [0, 0.05) is 6.54 Å². The Kier molecular flexibility index (Phi) is 32.3. The van der Waals surface area contributed by atoms with Crippen LogP contribution in [0.5, 0.6) is 0 Å². The number of unbranched alkanes of at least 4 members (excludes halogenated alkanes) is 16. The molecule has 0 saturated carbocycles. The van der Waals surface area contributed by atoms with Gasteiger partial charge in [-0.15, -0.1) is 0 Å². The maximum Gasteiger partial charge on any atom is 0.472 e. The van der Waals surface area contributed by atoms with E-state index < -0.39 is 38.6 Å². The van der Waals surface area contributed by atoms with Crippen LogP contribution in [0.3, 0.4) is 0 Å². The highest BCUT2D eigenvalue weighted by Crippen LogP contribution is 2.43. The van der Waals surface area contributed by atoms with Crippen molar-refractivity contribution in [1.82, 2.24) is 5.32 Å². The van der Waals surface area contributed by atoms with Crippen molar-refractivity contribution in [3.8, 4) is 0 Å². The van der Waals surface area contributed by atoms with Gasteiger partial charge in [0.1, 0.15) is 0 Å². The molecule has 0 bridgehead atoms. The third-order valence-electron chi connectivity index (χ3n) is 7.99. The van der Waals surface area contributed by atoms with Crippen LogP contribution in [0.2, 0.25) is 0 Å². The monoisotopic (exact) mass is 686 g/mol. The fourth-order valence-corrected chi connectivity index (χ4v) is 5.88. The smallest absolute Gasteiger partial charge is 0.393 e. The predicted octanol–water partition coefficient (Wildman–Crippen LogP) is 8.58. The summed E-state index contributed by atoms with van der Waals surface area (Å²) in [6.07, 6.45) is 33.8. The quantitative estimate of drug-likeness (QED) is 0.0257. The van der Waals surface area contributed by atoms with Gasteiger partial charge in [-0.25, -0.2) is 4.57 Å². The van der Waals surface area contributed by atoms with E-state index in [1.165, 1.54) is 77.0 Å². The van der Waals surface area contributed by atoms with Gasteiger partial charge in [0.05, 0.1) is 37.9 Å². The van der Waals surface area contributed by atoms with E-state index >= 15 is 0 Å². The molecule has 0 aliphatic heterocycles. The van der Waals surface area contributed by atoms with E-state index in [-0.39, 0.29) is 19.6 Å². The first-order valence-electron chi connectivity index (χ1n) is 18.7. The van der Waals surface area contributed by atoms with Gasteiger partial charge in [-0.3, -0.25) is 13.8 Å². The zero-order chi connectivity index (χ0) is 34.9. The Morgan fingerprint density at radius 2 is 1.21 bits per heavy atom. The van der Waals surface area contributed by atoms with Gasteiger partial charge in [0.25, 0.3) is 0 Å². The molecule has 0 fully saturated rings. The molecule has 47 heavy (non-hydrogen) atoms. The number of hydrogen-bond donors (Lipinski definition) is 5. The van der Waals surface area contributed by atoms with E-state index in [4.69, 9.17) is 14.8 Å². The van der Waals surface area contributed by atoms with Crippen LogP contribution in [-0.4, -0.2) is 59.0 Å². The van der Waals surface area contributed by atoms with Gasteiger partial charge in [-0.1, -0.05) is 127 Å². The number of aliphatic hydroxyl groups is 2. The lowest BCUT2D eigenvalue weighted by Gasteiger charge is -2.24. The summed E-state index contributed by atoms with van der Waals surface area (Å²) < 4.78 is 21.9. The molecule has 4 unspecified atom stereocenters. The summed E-state index contributed by atoms with van der Waals surface area (Å²) in [7, 11) is -4.40. The highest BCUT2D eigenvalue weighted by molar-refractivity contribution is 7.47. The summed E-state index contributed by atoms with van der Waals surface area (Å²) >= 11 is 0. The molecule has 0 heterocycles. The van der Waals surface area contributed by atoms with E-state index in [0.717, 1.165) is 44.9 Å². The number of carbonyl (C=O) groups is 1. The molecule has 0 aromatic rings. The molecular formula is C37H71N2O7P. The molecular weight excluding hydrogens is 615 g/mol. The summed E-state index contributed by atoms with van der Waals surface area (Å²) in [5.41, 5.74) is 5.33. The third-order valence-corrected chi connectivity index (χ3v) is 8.98. The van der Waals surface area contributed by atoms with Crippen molar-refractivity contribution in [2.45, 2.75) is 173 Å². The van der Waals surface area contributed by atoms with Crippen molar-refractivity contribution in [3.05, 3.63) is 36.5 Å². The highest BCUT2D eigenvalue weighted by Gasteiger charge is 2.27. The first-order chi connectivity index (χ1) is 22.8. The van der Waals surface area contributed by atoms with Gasteiger partial charge in [0.2, 0.25) is 5.91 Å². The van der Waals surface area contributed by atoms with E-state index in [0.29, 0.717) is 12.8 Å². The van der Waals surface area contributed by atoms with Crippen LogP contribution in [0.1, 0.15) is 155 Å². The second kappa shape index (κ2) is 33.2. The van der Waals surface area contributed by atoms with Crippen molar-refractivity contribution in [1.29, 1.82) is 0 Å². The van der Waals surface area contributed by atoms with Crippen LogP contribution >= 0.6 is 7.82 Å². The molecule has 0 aromatic heterocycles. The van der Waals surface area contributed by atoms with E-state index in [1.54, 1.807) is 6.08 Å². The Morgan fingerprint density at radius 1 is 0.723 bits per heavy atom. The van der Waals surface area contributed by atoms with Crippen LogP contribution in [0.25, 0.3) is 0 Å². The van der Waals surface area contributed by atoms with Crippen molar-refractivity contribution in [2.24, 2.45) is 5.73 Å². The van der Waals surface area contributed by atoms with Crippen LogP contribution in [0, 0.1) is 0 Å². The molecule has 0 aromatic carbocycles. The fourth-order valence-electron chi connectivity index (χ4n) is 5.12. The van der Waals surface area contributed by atoms with Gasteiger partial charge >= 0.3 is 7.82 Å². The van der Waals surface area contributed by atoms with Gasteiger partial charge in [-0.05, 0) is 57.8 Å². The molecule has 4 atom stereocenters. The molecule has 10 heteroatoms. The Labute approximate surface area is 287 Å².